The molecule has 0 aliphatic rings. The van der Waals surface area contributed by atoms with Crippen LogP contribution in [-0.4, -0.2) is 24.7 Å². The summed E-state index contributed by atoms with van der Waals surface area (Å²) in [6, 6.07) is 14.6. The fourth-order valence-electron chi connectivity index (χ4n) is 2.21. The first-order chi connectivity index (χ1) is 11.1. The van der Waals surface area contributed by atoms with Crippen molar-refractivity contribution in [3.05, 3.63) is 64.7 Å². The Bertz CT molecular complexity index is 660. The lowest BCUT2D eigenvalue weighted by atomic mass is 10.1. The van der Waals surface area contributed by atoms with Crippen molar-refractivity contribution in [2.45, 2.75) is 18.9 Å². The first-order valence-electron chi connectivity index (χ1n) is 7.42. The Kier molecular flexibility index (Phi) is 6.44. The molecule has 122 valence electrons. The van der Waals surface area contributed by atoms with Crippen molar-refractivity contribution >= 4 is 17.5 Å². The molecule has 1 amide bonds. The molecule has 4 nitrogen and oxygen atoms in total. The van der Waals surface area contributed by atoms with E-state index in [1.165, 1.54) is 0 Å². The second-order valence-corrected chi connectivity index (χ2v) is 5.60. The third-order valence-electron chi connectivity index (χ3n) is 3.55. The molecule has 0 aromatic heterocycles. The number of hydrogen-bond acceptors (Lipinski definition) is 3. The molecule has 0 spiro atoms. The predicted octanol–water partition coefficient (Wildman–Crippen LogP) is 3.13. The fourth-order valence-corrected chi connectivity index (χ4v) is 2.45. The number of amides is 1. The van der Waals surface area contributed by atoms with Gasteiger partial charge in [0, 0.05) is 18.0 Å². The molecule has 0 heterocycles. The van der Waals surface area contributed by atoms with Gasteiger partial charge in [-0.05, 0) is 35.7 Å². The van der Waals surface area contributed by atoms with Crippen molar-refractivity contribution in [1.29, 1.82) is 0 Å². The number of aryl methyl sites for hydroxylation is 1. The predicted molar refractivity (Wildman–Crippen MR) is 90.7 cm³/mol. The Balaban J connectivity index is 1.80. The molecular weight excluding hydrogens is 314 g/mol. The summed E-state index contributed by atoms with van der Waals surface area (Å²) < 4.78 is 5.12. The number of carbonyl (C=O) groups is 1. The van der Waals surface area contributed by atoms with E-state index in [1.54, 1.807) is 37.4 Å². The lowest BCUT2D eigenvalue weighted by molar-refractivity contribution is -0.121. The molecular formula is C18H20ClNO3. The summed E-state index contributed by atoms with van der Waals surface area (Å²) in [6.07, 6.45) is 0.129. The maximum absolute atomic E-state index is 11.9. The molecule has 0 radical (unpaired) electrons. The first-order valence-corrected chi connectivity index (χ1v) is 7.80. The van der Waals surface area contributed by atoms with E-state index >= 15 is 0 Å². The first kappa shape index (κ1) is 17.3. The van der Waals surface area contributed by atoms with Crippen molar-refractivity contribution in [1.82, 2.24) is 5.32 Å². The average molecular weight is 334 g/mol. The Morgan fingerprint density at radius 3 is 2.78 bits per heavy atom. The Morgan fingerprint density at radius 2 is 2.04 bits per heavy atom. The Hall–Kier alpha value is -2.04. The quantitative estimate of drug-likeness (QED) is 0.818. The molecule has 2 N–H and O–H groups in total. The molecule has 0 fully saturated rings. The summed E-state index contributed by atoms with van der Waals surface area (Å²) in [5.41, 5.74) is 1.65. The number of benzene rings is 2. The molecule has 0 aliphatic carbocycles. The highest BCUT2D eigenvalue weighted by atomic mass is 35.5. The van der Waals surface area contributed by atoms with E-state index in [0.29, 0.717) is 29.2 Å². The van der Waals surface area contributed by atoms with Gasteiger partial charge in [-0.3, -0.25) is 4.79 Å². The van der Waals surface area contributed by atoms with Crippen LogP contribution in [0.25, 0.3) is 0 Å². The Labute approximate surface area is 141 Å². The number of ether oxygens (including phenoxy) is 1. The van der Waals surface area contributed by atoms with Crippen LogP contribution in [0.5, 0.6) is 5.75 Å². The van der Waals surface area contributed by atoms with Crippen molar-refractivity contribution in [2.24, 2.45) is 0 Å². The van der Waals surface area contributed by atoms with Crippen molar-refractivity contribution in [3.8, 4) is 5.75 Å². The van der Waals surface area contributed by atoms with Crippen LogP contribution < -0.4 is 10.1 Å². The SMILES string of the molecule is COc1cccc(C(O)CNC(=O)CCc2ccccc2Cl)c1. The normalized spacial score (nSPS) is 11.8. The monoisotopic (exact) mass is 333 g/mol. The largest absolute Gasteiger partial charge is 0.497 e. The zero-order valence-electron chi connectivity index (χ0n) is 13.0. The molecule has 0 bridgehead atoms. The molecule has 0 aliphatic heterocycles. The number of methoxy groups -OCH3 is 1. The van der Waals surface area contributed by atoms with E-state index in [0.717, 1.165) is 5.56 Å². The summed E-state index contributed by atoms with van der Waals surface area (Å²) in [5, 5.41) is 13.5. The molecule has 5 heteroatoms. The summed E-state index contributed by atoms with van der Waals surface area (Å²) in [5.74, 6) is 0.554. The van der Waals surface area contributed by atoms with Gasteiger partial charge < -0.3 is 15.2 Å². The summed E-state index contributed by atoms with van der Waals surface area (Å²) in [4.78, 5) is 11.9. The molecule has 2 aromatic rings. The smallest absolute Gasteiger partial charge is 0.220 e. The third-order valence-corrected chi connectivity index (χ3v) is 3.92. The molecule has 1 unspecified atom stereocenters. The number of carbonyl (C=O) groups excluding carboxylic acids is 1. The fraction of sp³-hybridized carbons (Fsp3) is 0.278. The minimum Gasteiger partial charge on any atom is -0.497 e. The van der Waals surface area contributed by atoms with Gasteiger partial charge in [0.25, 0.3) is 0 Å². The van der Waals surface area contributed by atoms with Crippen molar-refractivity contribution in [2.75, 3.05) is 13.7 Å². The lowest BCUT2D eigenvalue weighted by Gasteiger charge is -2.13. The zero-order valence-corrected chi connectivity index (χ0v) is 13.7. The van der Waals surface area contributed by atoms with Crippen LogP contribution >= 0.6 is 11.6 Å². The van der Waals surface area contributed by atoms with E-state index in [4.69, 9.17) is 16.3 Å². The van der Waals surface area contributed by atoms with Gasteiger partial charge in [-0.1, -0.05) is 41.9 Å². The van der Waals surface area contributed by atoms with E-state index in [-0.39, 0.29) is 12.5 Å². The van der Waals surface area contributed by atoms with Crippen molar-refractivity contribution in [3.63, 3.8) is 0 Å². The molecule has 2 aromatic carbocycles. The van der Waals surface area contributed by atoms with E-state index in [1.807, 2.05) is 18.2 Å². The van der Waals surface area contributed by atoms with Crippen LogP contribution in [0.3, 0.4) is 0 Å². The van der Waals surface area contributed by atoms with Gasteiger partial charge in [-0.2, -0.15) is 0 Å². The van der Waals surface area contributed by atoms with Crippen LogP contribution in [0.2, 0.25) is 5.02 Å². The number of hydrogen-bond donors (Lipinski definition) is 2. The van der Waals surface area contributed by atoms with Gasteiger partial charge in [0.05, 0.1) is 13.2 Å². The van der Waals surface area contributed by atoms with Gasteiger partial charge in [-0.25, -0.2) is 0 Å². The second kappa shape index (κ2) is 8.56. The minimum atomic E-state index is -0.769. The van der Waals surface area contributed by atoms with Gasteiger partial charge in [0.2, 0.25) is 5.91 Å². The summed E-state index contributed by atoms with van der Waals surface area (Å²) in [6.45, 7) is 0.161. The maximum Gasteiger partial charge on any atom is 0.220 e. The number of halogens is 1. The molecule has 1 atom stereocenters. The van der Waals surface area contributed by atoms with Gasteiger partial charge >= 0.3 is 0 Å². The number of aliphatic hydroxyl groups is 1. The van der Waals surface area contributed by atoms with Gasteiger partial charge in [0.15, 0.2) is 0 Å². The van der Waals surface area contributed by atoms with Crippen LogP contribution in [0.4, 0.5) is 0 Å². The standard InChI is InChI=1S/C18H20ClNO3/c1-23-15-7-4-6-14(11-15)17(21)12-20-18(22)10-9-13-5-2-3-8-16(13)19/h2-8,11,17,21H,9-10,12H2,1H3,(H,20,22). The Morgan fingerprint density at radius 1 is 1.26 bits per heavy atom. The highest BCUT2D eigenvalue weighted by Gasteiger charge is 2.11. The molecule has 0 saturated carbocycles. The van der Waals surface area contributed by atoms with Crippen molar-refractivity contribution < 1.29 is 14.6 Å². The van der Waals surface area contributed by atoms with Crippen LogP contribution in [0.15, 0.2) is 48.5 Å². The van der Waals surface area contributed by atoms with E-state index in [2.05, 4.69) is 5.32 Å². The highest BCUT2D eigenvalue weighted by Crippen LogP contribution is 2.19. The lowest BCUT2D eigenvalue weighted by Crippen LogP contribution is -2.28. The van der Waals surface area contributed by atoms with E-state index in [9.17, 15) is 9.90 Å². The van der Waals surface area contributed by atoms with Crippen LogP contribution in [0.1, 0.15) is 23.7 Å². The van der Waals surface area contributed by atoms with Crippen LogP contribution in [0, 0.1) is 0 Å². The molecule has 2 rings (SSSR count). The van der Waals surface area contributed by atoms with Gasteiger partial charge in [-0.15, -0.1) is 0 Å². The average Bonchev–Trinajstić information content (AvgIpc) is 2.59. The number of nitrogens with one attached hydrogen (secondary N) is 1. The molecule has 23 heavy (non-hydrogen) atoms. The topological polar surface area (TPSA) is 58.6 Å². The third kappa shape index (κ3) is 5.27. The number of aliphatic hydroxyl groups excluding tert-OH is 1. The highest BCUT2D eigenvalue weighted by molar-refractivity contribution is 6.31. The van der Waals surface area contributed by atoms with E-state index < -0.39 is 6.10 Å². The second-order valence-electron chi connectivity index (χ2n) is 5.19. The number of rotatable bonds is 7. The summed E-state index contributed by atoms with van der Waals surface area (Å²) >= 11 is 6.06. The summed E-state index contributed by atoms with van der Waals surface area (Å²) in [7, 11) is 1.57. The zero-order chi connectivity index (χ0) is 16.7. The maximum atomic E-state index is 11.9. The molecule has 0 saturated heterocycles. The minimum absolute atomic E-state index is 0.119. The van der Waals surface area contributed by atoms with Gasteiger partial charge in [0.1, 0.15) is 5.75 Å². The van der Waals surface area contributed by atoms with Crippen LogP contribution in [-0.2, 0) is 11.2 Å².